The van der Waals surface area contributed by atoms with Crippen LogP contribution in [0.25, 0.3) is 0 Å². The number of benzene rings is 1. The first-order chi connectivity index (χ1) is 11.8. The smallest absolute Gasteiger partial charge is 0.192 e. The molecule has 0 spiro atoms. The van der Waals surface area contributed by atoms with Crippen LogP contribution in [0.5, 0.6) is 0 Å². The Hall–Kier alpha value is -1.92. The van der Waals surface area contributed by atoms with E-state index in [0.717, 1.165) is 30.4 Å². The van der Waals surface area contributed by atoms with Gasteiger partial charge in [-0.3, -0.25) is 0 Å². The second kappa shape index (κ2) is 8.80. The zero-order chi connectivity index (χ0) is 16.6. The van der Waals surface area contributed by atoms with Crippen LogP contribution in [-0.4, -0.2) is 29.7 Å². The number of rotatable bonds is 6. The summed E-state index contributed by atoms with van der Waals surface area (Å²) in [4.78, 5) is 9.03. The van der Waals surface area contributed by atoms with E-state index in [0.29, 0.717) is 13.1 Å². The number of hydrogen-bond acceptors (Lipinski definition) is 4. The van der Waals surface area contributed by atoms with Crippen molar-refractivity contribution in [2.45, 2.75) is 45.0 Å². The summed E-state index contributed by atoms with van der Waals surface area (Å²) in [5.41, 5.74) is 1.19. The minimum Gasteiger partial charge on any atom is -0.376 e. The van der Waals surface area contributed by atoms with Gasteiger partial charge in [0.1, 0.15) is 5.01 Å². The van der Waals surface area contributed by atoms with Crippen LogP contribution in [0, 0.1) is 0 Å². The summed E-state index contributed by atoms with van der Waals surface area (Å²) in [7, 11) is 0. The molecule has 0 radical (unpaired) electrons. The maximum atomic E-state index is 5.77. The minimum absolute atomic E-state index is 0.228. The third-order valence-electron chi connectivity index (χ3n) is 4.04. The fourth-order valence-electron chi connectivity index (χ4n) is 2.71. The van der Waals surface area contributed by atoms with Crippen LogP contribution in [-0.2, 0) is 17.8 Å². The molecular weight excluding hydrogens is 320 g/mol. The number of nitrogens with one attached hydrogen (secondary N) is 2. The van der Waals surface area contributed by atoms with Gasteiger partial charge < -0.3 is 15.4 Å². The molecule has 1 aromatic carbocycles. The van der Waals surface area contributed by atoms with Gasteiger partial charge in [-0.25, -0.2) is 9.98 Å². The maximum absolute atomic E-state index is 5.77. The Morgan fingerprint density at radius 3 is 3.00 bits per heavy atom. The third kappa shape index (κ3) is 5.04. The van der Waals surface area contributed by atoms with Gasteiger partial charge in [0.15, 0.2) is 5.96 Å². The summed E-state index contributed by atoms with van der Waals surface area (Å²) in [6.07, 6.45) is 4.32. The highest BCUT2D eigenvalue weighted by atomic mass is 32.1. The summed E-state index contributed by atoms with van der Waals surface area (Å²) in [5.74, 6) is 0.803. The number of nitrogens with zero attached hydrogens (tertiary/aromatic N) is 2. The van der Waals surface area contributed by atoms with Crippen molar-refractivity contribution in [3.63, 3.8) is 0 Å². The zero-order valence-electron chi connectivity index (χ0n) is 13.9. The molecule has 128 valence electrons. The van der Waals surface area contributed by atoms with Gasteiger partial charge in [0.25, 0.3) is 0 Å². The topological polar surface area (TPSA) is 58.5 Å². The molecule has 0 saturated carbocycles. The standard InChI is InChI=1S/C18H24N4OS/c1-14(16-8-5-10-23-16)22-18(21-13-17-19-9-11-24-17)20-12-15-6-3-2-4-7-15/h2-4,6-7,9,11,14,16H,5,8,10,12-13H2,1H3,(H2,20,21,22)/t14-,16-/m0/s1. The maximum Gasteiger partial charge on any atom is 0.192 e. The summed E-state index contributed by atoms with van der Waals surface area (Å²) in [6.45, 7) is 4.33. The molecule has 3 rings (SSSR count). The van der Waals surface area contributed by atoms with E-state index in [1.807, 2.05) is 29.8 Å². The summed E-state index contributed by atoms with van der Waals surface area (Å²) >= 11 is 1.64. The van der Waals surface area contributed by atoms with Gasteiger partial charge in [0, 0.05) is 18.2 Å². The number of ether oxygens (including phenoxy) is 1. The minimum atomic E-state index is 0.228. The van der Waals surface area contributed by atoms with Crippen LogP contribution in [0.15, 0.2) is 46.9 Å². The molecule has 2 atom stereocenters. The van der Waals surface area contributed by atoms with Gasteiger partial charge in [-0.15, -0.1) is 11.3 Å². The summed E-state index contributed by atoms with van der Waals surface area (Å²) < 4.78 is 5.77. The van der Waals surface area contributed by atoms with Crippen LogP contribution in [0.2, 0.25) is 0 Å². The van der Waals surface area contributed by atoms with E-state index < -0.39 is 0 Å². The second-order valence-corrected chi connectivity index (χ2v) is 6.89. The molecular formula is C18H24N4OS. The SMILES string of the molecule is C[C@H](NC(=NCc1ccccc1)NCc1nccs1)[C@@H]1CCCO1. The van der Waals surface area contributed by atoms with Gasteiger partial charge in [-0.1, -0.05) is 30.3 Å². The molecule has 0 amide bonds. The highest BCUT2D eigenvalue weighted by Gasteiger charge is 2.23. The molecule has 2 aromatic rings. The molecule has 0 aliphatic carbocycles. The predicted molar refractivity (Wildman–Crippen MR) is 98.1 cm³/mol. The lowest BCUT2D eigenvalue weighted by Crippen LogP contribution is -2.46. The molecule has 1 aliphatic heterocycles. The van der Waals surface area contributed by atoms with Gasteiger partial charge >= 0.3 is 0 Å². The van der Waals surface area contributed by atoms with Crippen LogP contribution >= 0.6 is 11.3 Å². The van der Waals surface area contributed by atoms with E-state index in [1.165, 1.54) is 5.56 Å². The Morgan fingerprint density at radius 2 is 2.29 bits per heavy atom. The van der Waals surface area contributed by atoms with Crippen LogP contribution in [0.3, 0.4) is 0 Å². The van der Waals surface area contributed by atoms with E-state index in [1.54, 1.807) is 11.3 Å². The molecule has 1 aromatic heterocycles. The number of thiazole rings is 1. The Bertz CT molecular complexity index is 624. The first-order valence-electron chi connectivity index (χ1n) is 8.40. The summed E-state index contributed by atoms with van der Waals surface area (Å²) in [6, 6.07) is 10.5. The lowest BCUT2D eigenvalue weighted by molar-refractivity contribution is 0.0890. The van der Waals surface area contributed by atoms with Gasteiger partial charge in [-0.2, -0.15) is 0 Å². The molecule has 0 bridgehead atoms. The van der Waals surface area contributed by atoms with Crippen molar-refractivity contribution in [1.29, 1.82) is 0 Å². The van der Waals surface area contributed by atoms with Crippen molar-refractivity contribution in [3.05, 3.63) is 52.5 Å². The zero-order valence-corrected chi connectivity index (χ0v) is 14.8. The number of aromatic nitrogens is 1. The first kappa shape index (κ1) is 16.9. The molecule has 2 N–H and O–H groups in total. The van der Waals surface area contributed by atoms with Crippen LogP contribution in [0.1, 0.15) is 30.3 Å². The lowest BCUT2D eigenvalue weighted by Gasteiger charge is -2.22. The molecule has 1 fully saturated rings. The fourth-order valence-corrected chi connectivity index (χ4v) is 3.27. The molecule has 0 unspecified atom stereocenters. The Labute approximate surface area is 147 Å². The first-order valence-corrected chi connectivity index (χ1v) is 9.28. The second-order valence-electron chi connectivity index (χ2n) is 5.91. The lowest BCUT2D eigenvalue weighted by atomic mass is 10.1. The number of hydrogen-bond donors (Lipinski definition) is 2. The van der Waals surface area contributed by atoms with Crippen molar-refractivity contribution in [2.24, 2.45) is 4.99 Å². The van der Waals surface area contributed by atoms with E-state index in [2.05, 4.69) is 34.7 Å². The number of guanidine groups is 1. The Balaban J connectivity index is 1.62. The molecule has 1 saturated heterocycles. The summed E-state index contributed by atoms with van der Waals surface area (Å²) in [5, 5.41) is 9.90. The normalized spacial score (nSPS) is 19.2. The monoisotopic (exact) mass is 344 g/mol. The molecule has 5 nitrogen and oxygen atoms in total. The molecule has 24 heavy (non-hydrogen) atoms. The van der Waals surface area contributed by atoms with E-state index in [4.69, 9.17) is 9.73 Å². The van der Waals surface area contributed by atoms with Crippen molar-refractivity contribution >= 4 is 17.3 Å². The largest absolute Gasteiger partial charge is 0.376 e. The number of aliphatic imine (C=N–C) groups is 1. The van der Waals surface area contributed by atoms with Crippen molar-refractivity contribution < 1.29 is 4.74 Å². The Morgan fingerprint density at radius 1 is 1.42 bits per heavy atom. The van der Waals surface area contributed by atoms with Gasteiger partial charge in [-0.05, 0) is 25.3 Å². The van der Waals surface area contributed by atoms with E-state index in [-0.39, 0.29) is 12.1 Å². The van der Waals surface area contributed by atoms with Crippen LogP contribution < -0.4 is 10.6 Å². The molecule has 2 heterocycles. The highest BCUT2D eigenvalue weighted by molar-refractivity contribution is 7.09. The highest BCUT2D eigenvalue weighted by Crippen LogP contribution is 2.15. The van der Waals surface area contributed by atoms with Crippen molar-refractivity contribution in [3.8, 4) is 0 Å². The van der Waals surface area contributed by atoms with Crippen molar-refractivity contribution in [2.75, 3.05) is 6.61 Å². The predicted octanol–water partition coefficient (Wildman–Crippen LogP) is 2.95. The quantitative estimate of drug-likeness (QED) is 0.625. The molecule has 1 aliphatic rings. The average molecular weight is 344 g/mol. The third-order valence-corrected chi connectivity index (χ3v) is 4.82. The van der Waals surface area contributed by atoms with Crippen molar-refractivity contribution in [1.82, 2.24) is 15.6 Å². The van der Waals surface area contributed by atoms with E-state index in [9.17, 15) is 0 Å². The van der Waals surface area contributed by atoms with Crippen LogP contribution in [0.4, 0.5) is 0 Å². The van der Waals surface area contributed by atoms with E-state index >= 15 is 0 Å². The fraction of sp³-hybridized carbons (Fsp3) is 0.444. The molecule has 6 heteroatoms. The average Bonchev–Trinajstić information content (AvgIpc) is 3.31. The van der Waals surface area contributed by atoms with Gasteiger partial charge in [0.05, 0.1) is 25.2 Å². The van der Waals surface area contributed by atoms with Gasteiger partial charge in [0.2, 0.25) is 0 Å². The Kier molecular flexibility index (Phi) is 6.20.